The number of carboxylic acid groups (broad SMARTS) is 2. The Morgan fingerprint density at radius 1 is 1.21 bits per heavy atom. The summed E-state index contributed by atoms with van der Waals surface area (Å²) in [6.07, 6.45) is 8.35. The van der Waals surface area contributed by atoms with Crippen molar-refractivity contribution in [3.05, 3.63) is 27.9 Å². The summed E-state index contributed by atoms with van der Waals surface area (Å²) in [7, 11) is 0. The molecule has 28 heavy (non-hydrogen) atoms. The molecule has 3 N–H and O–H groups in total. The van der Waals surface area contributed by atoms with Gasteiger partial charge in [-0.15, -0.1) is 11.3 Å². The molecule has 0 radical (unpaired) electrons. The number of carbonyl (C=O) groups is 2. The van der Waals surface area contributed by atoms with E-state index in [0.717, 1.165) is 54.7 Å². The molecular formula is C19H23N3O5S. The SMILES string of the molecule is CCc1noc(-c2c(NC(=O)C3=CCCC3)sc3c2CCCC3)n1.O=C(O)O. The number of nitrogens with one attached hydrogen (secondary N) is 1. The van der Waals surface area contributed by atoms with Gasteiger partial charge in [-0.2, -0.15) is 4.98 Å². The number of aryl methyl sites for hydroxylation is 2. The number of hydrogen-bond donors (Lipinski definition) is 3. The topological polar surface area (TPSA) is 126 Å². The second-order valence-corrected chi connectivity index (χ2v) is 7.75. The van der Waals surface area contributed by atoms with Crippen molar-refractivity contribution in [1.82, 2.24) is 10.1 Å². The molecule has 2 aliphatic rings. The third-order valence-corrected chi connectivity index (χ3v) is 5.94. The predicted octanol–water partition coefficient (Wildman–Crippen LogP) is 4.51. The lowest BCUT2D eigenvalue weighted by atomic mass is 9.95. The van der Waals surface area contributed by atoms with Gasteiger partial charge in [0, 0.05) is 16.9 Å². The maximum atomic E-state index is 12.5. The fraction of sp³-hybridized carbons (Fsp3) is 0.474. The first kappa shape index (κ1) is 20.1. The number of nitrogens with zero attached hydrogens (tertiary/aromatic N) is 2. The first-order valence-electron chi connectivity index (χ1n) is 9.39. The number of aromatic nitrogens is 2. The Balaban J connectivity index is 0.000000516. The van der Waals surface area contributed by atoms with Crippen LogP contribution in [0.5, 0.6) is 0 Å². The molecule has 2 heterocycles. The van der Waals surface area contributed by atoms with Crippen molar-refractivity contribution in [2.75, 3.05) is 5.32 Å². The number of hydrogen-bond acceptors (Lipinski definition) is 6. The molecule has 4 rings (SSSR count). The van der Waals surface area contributed by atoms with Crippen LogP contribution in [0.3, 0.4) is 0 Å². The molecule has 2 aliphatic carbocycles. The smallest absolute Gasteiger partial charge is 0.450 e. The Morgan fingerprint density at radius 2 is 1.96 bits per heavy atom. The summed E-state index contributed by atoms with van der Waals surface area (Å²) in [5.41, 5.74) is 3.13. The highest BCUT2D eigenvalue weighted by Crippen LogP contribution is 2.44. The van der Waals surface area contributed by atoms with Crippen molar-refractivity contribution in [3.8, 4) is 11.5 Å². The molecule has 0 saturated heterocycles. The maximum absolute atomic E-state index is 12.5. The van der Waals surface area contributed by atoms with Crippen molar-refractivity contribution in [1.29, 1.82) is 0 Å². The Kier molecular flexibility index (Phi) is 6.45. The van der Waals surface area contributed by atoms with Crippen molar-refractivity contribution >= 4 is 28.4 Å². The summed E-state index contributed by atoms with van der Waals surface area (Å²) >= 11 is 1.67. The maximum Gasteiger partial charge on any atom is 0.503 e. The van der Waals surface area contributed by atoms with Crippen molar-refractivity contribution in [2.45, 2.75) is 58.3 Å². The van der Waals surface area contributed by atoms with E-state index in [1.807, 2.05) is 13.0 Å². The first-order valence-corrected chi connectivity index (χ1v) is 10.2. The minimum Gasteiger partial charge on any atom is -0.450 e. The molecule has 1 amide bonds. The second-order valence-electron chi connectivity index (χ2n) is 6.64. The average molecular weight is 405 g/mol. The highest BCUT2D eigenvalue weighted by atomic mass is 32.1. The molecule has 9 heteroatoms. The van der Waals surface area contributed by atoms with E-state index < -0.39 is 6.16 Å². The number of carbonyl (C=O) groups excluding carboxylic acids is 1. The van der Waals surface area contributed by atoms with Crippen LogP contribution in [0.15, 0.2) is 16.2 Å². The molecule has 0 saturated carbocycles. The number of anilines is 1. The Hall–Kier alpha value is -2.68. The quantitative estimate of drug-likeness (QED) is 0.683. The zero-order valence-electron chi connectivity index (χ0n) is 15.7. The Bertz CT molecular complexity index is 896. The molecular weight excluding hydrogens is 382 g/mol. The number of thiophene rings is 1. The van der Waals surface area contributed by atoms with Crippen LogP contribution in [0.25, 0.3) is 11.5 Å². The van der Waals surface area contributed by atoms with Gasteiger partial charge in [0.15, 0.2) is 5.82 Å². The second kappa shape index (κ2) is 9.01. The van der Waals surface area contributed by atoms with Crippen molar-refractivity contribution in [3.63, 3.8) is 0 Å². The zero-order valence-corrected chi connectivity index (χ0v) is 16.5. The van der Waals surface area contributed by atoms with Crippen LogP contribution >= 0.6 is 11.3 Å². The lowest BCUT2D eigenvalue weighted by Crippen LogP contribution is -2.13. The van der Waals surface area contributed by atoms with Crippen LogP contribution in [-0.4, -0.2) is 32.4 Å². The zero-order chi connectivity index (χ0) is 20.1. The Labute approximate surface area is 166 Å². The third-order valence-electron chi connectivity index (χ3n) is 4.73. The van der Waals surface area contributed by atoms with Crippen LogP contribution in [0.1, 0.15) is 55.3 Å². The molecule has 0 spiro atoms. The predicted molar refractivity (Wildman–Crippen MR) is 105 cm³/mol. The van der Waals surface area contributed by atoms with E-state index in [0.29, 0.717) is 11.7 Å². The summed E-state index contributed by atoms with van der Waals surface area (Å²) in [5.74, 6) is 1.26. The lowest BCUT2D eigenvalue weighted by molar-refractivity contribution is -0.112. The molecule has 2 aromatic rings. The molecule has 0 atom stereocenters. The van der Waals surface area contributed by atoms with E-state index >= 15 is 0 Å². The average Bonchev–Trinajstić information content (AvgIpc) is 3.39. The molecule has 8 nitrogen and oxygen atoms in total. The van der Waals surface area contributed by atoms with Crippen LogP contribution in [-0.2, 0) is 24.1 Å². The van der Waals surface area contributed by atoms with Gasteiger partial charge in [0.05, 0.1) is 5.56 Å². The lowest BCUT2D eigenvalue weighted by Gasteiger charge is -2.11. The molecule has 0 aliphatic heterocycles. The number of allylic oxidation sites excluding steroid dienone is 1. The van der Waals surface area contributed by atoms with Crippen molar-refractivity contribution < 1.29 is 24.3 Å². The van der Waals surface area contributed by atoms with Gasteiger partial charge in [0.2, 0.25) is 0 Å². The Morgan fingerprint density at radius 3 is 2.61 bits per heavy atom. The summed E-state index contributed by atoms with van der Waals surface area (Å²) in [6.45, 7) is 2.01. The molecule has 2 aromatic heterocycles. The summed E-state index contributed by atoms with van der Waals surface area (Å²) < 4.78 is 5.49. The van der Waals surface area contributed by atoms with Crippen molar-refractivity contribution in [2.24, 2.45) is 0 Å². The van der Waals surface area contributed by atoms with Gasteiger partial charge in [-0.25, -0.2) is 4.79 Å². The largest absolute Gasteiger partial charge is 0.503 e. The van der Waals surface area contributed by atoms with Gasteiger partial charge in [-0.3, -0.25) is 4.79 Å². The third kappa shape index (κ3) is 4.59. The van der Waals surface area contributed by atoms with E-state index in [1.165, 1.54) is 23.3 Å². The van der Waals surface area contributed by atoms with Gasteiger partial charge in [0.25, 0.3) is 11.8 Å². The summed E-state index contributed by atoms with van der Waals surface area (Å²) in [6, 6.07) is 0. The van der Waals surface area contributed by atoms with E-state index in [9.17, 15) is 4.79 Å². The molecule has 0 fully saturated rings. The van der Waals surface area contributed by atoms with Crippen LogP contribution < -0.4 is 5.32 Å². The minimum absolute atomic E-state index is 0.0163. The highest BCUT2D eigenvalue weighted by Gasteiger charge is 2.27. The number of amides is 1. The number of fused-ring (bicyclic) bond motifs is 1. The fourth-order valence-corrected chi connectivity index (χ4v) is 4.72. The van der Waals surface area contributed by atoms with Crippen LogP contribution in [0.4, 0.5) is 9.80 Å². The summed E-state index contributed by atoms with van der Waals surface area (Å²) in [5, 5.41) is 22.0. The van der Waals surface area contributed by atoms with Gasteiger partial charge in [-0.1, -0.05) is 18.2 Å². The van der Waals surface area contributed by atoms with Crippen LogP contribution in [0, 0.1) is 0 Å². The number of rotatable bonds is 4. The van der Waals surface area contributed by atoms with E-state index in [1.54, 1.807) is 11.3 Å². The highest BCUT2D eigenvalue weighted by molar-refractivity contribution is 7.17. The molecule has 0 aromatic carbocycles. The van der Waals surface area contributed by atoms with E-state index in [-0.39, 0.29) is 5.91 Å². The standard InChI is InChI=1S/C18H21N3O2S.CH2O3/c1-2-14-19-17(23-21-14)15-12-9-5-6-10-13(12)24-18(15)20-16(22)11-7-3-4-8-11;2-1(3)4/h7H,2-6,8-10H2,1H3,(H,20,22);(H2,2,3,4). The van der Waals surface area contributed by atoms with E-state index in [2.05, 4.69) is 15.5 Å². The minimum atomic E-state index is -1.83. The first-order chi connectivity index (χ1) is 13.5. The van der Waals surface area contributed by atoms with Gasteiger partial charge >= 0.3 is 6.16 Å². The van der Waals surface area contributed by atoms with E-state index in [4.69, 9.17) is 19.5 Å². The summed E-state index contributed by atoms with van der Waals surface area (Å²) in [4.78, 5) is 26.9. The van der Waals surface area contributed by atoms with Gasteiger partial charge < -0.3 is 20.1 Å². The molecule has 0 bridgehead atoms. The van der Waals surface area contributed by atoms with Gasteiger partial charge in [-0.05, 0) is 50.5 Å². The van der Waals surface area contributed by atoms with Crippen LogP contribution in [0.2, 0.25) is 0 Å². The monoisotopic (exact) mass is 405 g/mol. The van der Waals surface area contributed by atoms with Gasteiger partial charge in [0.1, 0.15) is 5.00 Å². The normalized spacial score (nSPS) is 15.2. The fourth-order valence-electron chi connectivity index (χ4n) is 3.44. The molecule has 150 valence electrons. The molecule has 0 unspecified atom stereocenters.